The predicted molar refractivity (Wildman–Crippen MR) is 250 cm³/mol. The number of hydrogen-bond acceptors (Lipinski definition) is 10. The van der Waals surface area contributed by atoms with Crippen molar-refractivity contribution in [1.29, 1.82) is 0 Å². The molecular formula is C49H90NO10P. The first kappa shape index (κ1) is 58.9. The van der Waals surface area contributed by atoms with Gasteiger partial charge in [0.25, 0.3) is 0 Å². The maximum absolute atomic E-state index is 12.6. The van der Waals surface area contributed by atoms with Gasteiger partial charge in [-0.3, -0.25) is 18.6 Å². The van der Waals surface area contributed by atoms with Gasteiger partial charge < -0.3 is 30.3 Å². The van der Waals surface area contributed by atoms with E-state index in [0.29, 0.717) is 25.7 Å². The van der Waals surface area contributed by atoms with Crippen LogP contribution in [0.5, 0.6) is 0 Å². The van der Waals surface area contributed by atoms with Crippen LogP contribution in [0.15, 0.2) is 48.6 Å². The molecule has 0 rings (SSSR count). The number of allylic oxidation sites excluding steroid dienone is 6. The van der Waals surface area contributed by atoms with Crippen LogP contribution in [0.25, 0.3) is 0 Å². The summed E-state index contributed by atoms with van der Waals surface area (Å²) in [6.45, 7) is 3.40. The van der Waals surface area contributed by atoms with E-state index in [9.17, 15) is 29.3 Å². The molecule has 0 radical (unpaired) electrons. The van der Waals surface area contributed by atoms with Crippen LogP contribution in [-0.4, -0.2) is 71.7 Å². The highest BCUT2D eigenvalue weighted by atomic mass is 31.2. The summed E-state index contributed by atoms with van der Waals surface area (Å²) >= 11 is 0. The Labute approximate surface area is 372 Å². The van der Waals surface area contributed by atoms with E-state index in [1.54, 1.807) is 18.2 Å². The van der Waals surface area contributed by atoms with Crippen molar-refractivity contribution in [3.8, 4) is 0 Å². The molecule has 5 N–H and O–H groups in total. The van der Waals surface area contributed by atoms with Crippen molar-refractivity contribution >= 4 is 19.8 Å². The second-order valence-corrected chi connectivity index (χ2v) is 17.8. The van der Waals surface area contributed by atoms with Crippen molar-refractivity contribution in [1.82, 2.24) is 0 Å². The largest absolute Gasteiger partial charge is 0.472 e. The third-order valence-electron chi connectivity index (χ3n) is 10.4. The van der Waals surface area contributed by atoms with Gasteiger partial charge in [0.2, 0.25) is 0 Å². The number of carbonyl (C=O) groups is 2. The molecule has 0 spiro atoms. The Balaban J connectivity index is 4.26. The summed E-state index contributed by atoms with van der Waals surface area (Å²) in [5.41, 5.74) is 5.35. The lowest BCUT2D eigenvalue weighted by Crippen LogP contribution is -2.29. The third kappa shape index (κ3) is 44.3. The van der Waals surface area contributed by atoms with Gasteiger partial charge in [-0.2, -0.15) is 0 Å². The molecule has 0 fully saturated rings. The molecule has 0 amide bonds. The van der Waals surface area contributed by atoms with E-state index in [1.807, 2.05) is 30.4 Å². The number of unbranched alkanes of at least 4 members (excludes halogenated alkanes) is 22. The topological polar surface area (TPSA) is 175 Å². The fraction of sp³-hybridized carbons (Fsp3) is 0.796. The maximum Gasteiger partial charge on any atom is 0.472 e. The maximum atomic E-state index is 12.6. The molecule has 0 aliphatic carbocycles. The molecule has 0 aliphatic rings. The van der Waals surface area contributed by atoms with Crippen molar-refractivity contribution in [2.75, 3.05) is 26.4 Å². The van der Waals surface area contributed by atoms with Gasteiger partial charge in [-0.25, -0.2) is 4.57 Å². The number of esters is 2. The smallest absolute Gasteiger partial charge is 0.462 e. The average Bonchev–Trinajstić information content (AvgIpc) is 3.24. The number of carbonyl (C=O) groups excluding carboxylic acids is 2. The van der Waals surface area contributed by atoms with Crippen LogP contribution in [0.3, 0.4) is 0 Å². The molecule has 4 atom stereocenters. The van der Waals surface area contributed by atoms with Crippen LogP contribution < -0.4 is 5.73 Å². The summed E-state index contributed by atoms with van der Waals surface area (Å²) in [6.07, 6.45) is 45.0. The van der Waals surface area contributed by atoms with Gasteiger partial charge in [-0.1, -0.05) is 210 Å². The zero-order valence-corrected chi connectivity index (χ0v) is 39.5. The zero-order chi connectivity index (χ0) is 44.9. The van der Waals surface area contributed by atoms with E-state index in [2.05, 4.69) is 13.8 Å². The Kier molecular flexibility index (Phi) is 43.0. The molecular weight excluding hydrogens is 794 g/mol. The lowest BCUT2D eigenvalue weighted by atomic mass is 10.0. The van der Waals surface area contributed by atoms with Gasteiger partial charge >= 0.3 is 19.8 Å². The van der Waals surface area contributed by atoms with Gasteiger partial charge in [-0.15, -0.1) is 0 Å². The molecule has 0 aliphatic heterocycles. The molecule has 356 valence electrons. The number of ether oxygens (including phenoxy) is 2. The fourth-order valence-corrected chi connectivity index (χ4v) is 7.50. The predicted octanol–water partition coefficient (Wildman–Crippen LogP) is 12.2. The van der Waals surface area contributed by atoms with Crippen molar-refractivity contribution < 1.29 is 47.8 Å². The first-order valence-corrected chi connectivity index (χ1v) is 25.8. The van der Waals surface area contributed by atoms with Crippen molar-refractivity contribution in [2.45, 2.75) is 225 Å². The van der Waals surface area contributed by atoms with Crippen LogP contribution in [0.2, 0.25) is 0 Å². The molecule has 0 aromatic carbocycles. The van der Waals surface area contributed by atoms with E-state index < -0.39 is 44.7 Å². The second-order valence-electron chi connectivity index (χ2n) is 16.4. The van der Waals surface area contributed by atoms with E-state index in [4.69, 9.17) is 24.3 Å². The van der Waals surface area contributed by atoms with Gasteiger partial charge in [0.15, 0.2) is 6.10 Å². The molecule has 0 aromatic rings. The molecule has 0 saturated carbocycles. The van der Waals surface area contributed by atoms with Gasteiger partial charge in [0, 0.05) is 19.4 Å². The van der Waals surface area contributed by atoms with Crippen LogP contribution in [0, 0.1) is 0 Å². The second kappa shape index (κ2) is 44.5. The summed E-state index contributed by atoms with van der Waals surface area (Å²) in [6, 6.07) is 0. The Morgan fingerprint density at radius 3 is 1.46 bits per heavy atom. The lowest BCUT2D eigenvalue weighted by Gasteiger charge is -2.20. The molecule has 0 saturated heterocycles. The number of phosphoric acid groups is 1. The van der Waals surface area contributed by atoms with E-state index in [1.165, 1.54) is 109 Å². The van der Waals surface area contributed by atoms with E-state index >= 15 is 0 Å². The molecule has 11 nitrogen and oxygen atoms in total. The summed E-state index contributed by atoms with van der Waals surface area (Å²) in [5, 5.41) is 20.2. The summed E-state index contributed by atoms with van der Waals surface area (Å²) in [4.78, 5) is 35.0. The summed E-state index contributed by atoms with van der Waals surface area (Å²) < 4.78 is 32.7. The Bertz CT molecular complexity index is 1180. The van der Waals surface area contributed by atoms with Gasteiger partial charge in [-0.05, 0) is 32.1 Å². The zero-order valence-electron chi connectivity index (χ0n) is 38.6. The highest BCUT2D eigenvalue weighted by Gasteiger charge is 2.26. The highest BCUT2D eigenvalue weighted by Crippen LogP contribution is 2.43. The number of hydrogen-bond donors (Lipinski definition) is 4. The van der Waals surface area contributed by atoms with Crippen molar-refractivity contribution in [3.05, 3.63) is 48.6 Å². The molecule has 0 bridgehead atoms. The number of aliphatic hydroxyl groups excluding tert-OH is 2. The van der Waals surface area contributed by atoms with Crippen LogP contribution in [0.4, 0.5) is 0 Å². The van der Waals surface area contributed by atoms with Gasteiger partial charge in [0.05, 0.1) is 25.4 Å². The first-order valence-electron chi connectivity index (χ1n) is 24.3. The average molecular weight is 884 g/mol. The van der Waals surface area contributed by atoms with Crippen molar-refractivity contribution in [2.24, 2.45) is 5.73 Å². The van der Waals surface area contributed by atoms with Crippen LogP contribution in [-0.2, 0) is 32.7 Å². The monoisotopic (exact) mass is 884 g/mol. The summed E-state index contributed by atoms with van der Waals surface area (Å²) in [7, 11) is -4.44. The normalized spacial score (nSPS) is 14.7. The number of aliphatic hydroxyl groups is 2. The Morgan fingerprint density at radius 2 is 0.984 bits per heavy atom. The third-order valence-corrected chi connectivity index (χ3v) is 11.4. The van der Waals surface area contributed by atoms with Gasteiger partial charge in [0.1, 0.15) is 6.61 Å². The Hall–Kier alpha value is -2.11. The number of nitrogens with two attached hydrogens (primary N) is 1. The quantitative estimate of drug-likeness (QED) is 0.0198. The van der Waals surface area contributed by atoms with E-state index in [0.717, 1.165) is 44.9 Å². The lowest BCUT2D eigenvalue weighted by molar-refractivity contribution is -0.161. The fourth-order valence-electron chi connectivity index (χ4n) is 6.73. The minimum absolute atomic E-state index is 0.0205. The Morgan fingerprint density at radius 1 is 0.557 bits per heavy atom. The molecule has 0 aromatic heterocycles. The standard InChI is InChI=1S/C49H90NO10P/c1-3-5-7-8-9-10-11-12-13-14-15-16-17-18-19-20-21-22-26-29-33-39-49(54)60-47(44-59-61(55,56)58-42-41-50)43-57-48(53)40-34-38-46(52)37-32-28-25-23-24-27-31-36-45(51)35-30-6-4-2/h24-25,27-28,31-32,36-37,45-47,51-52H,3-23,26,29-30,33-35,38-44,50H2,1-2H3,(H,55,56)/b27-24-,28-25-,36-31+,37-32+/t45-,46-,47+/m0/s1. The van der Waals surface area contributed by atoms with Crippen LogP contribution in [0.1, 0.15) is 206 Å². The molecule has 61 heavy (non-hydrogen) atoms. The number of rotatable bonds is 45. The van der Waals surface area contributed by atoms with E-state index in [-0.39, 0.29) is 32.6 Å². The minimum atomic E-state index is -4.44. The minimum Gasteiger partial charge on any atom is -0.462 e. The SMILES string of the molecule is CCCCCCCCCCCCCCCCCCCCCCCC(=O)O[C@H](COC(=O)CCC[C@@H](O)/C=C/C=C\C/C=C\C=C\[C@@H](O)CCCCC)COP(=O)(O)OCCN. The van der Waals surface area contributed by atoms with Crippen molar-refractivity contribution in [3.63, 3.8) is 0 Å². The molecule has 12 heteroatoms. The highest BCUT2D eigenvalue weighted by molar-refractivity contribution is 7.47. The number of phosphoric ester groups is 1. The summed E-state index contributed by atoms with van der Waals surface area (Å²) in [5.74, 6) is -1.05. The first-order chi connectivity index (χ1) is 29.6. The van der Waals surface area contributed by atoms with Crippen LogP contribution >= 0.6 is 7.82 Å². The molecule has 0 heterocycles. The molecule has 1 unspecified atom stereocenters.